The van der Waals surface area contributed by atoms with Gasteiger partial charge in [-0.2, -0.15) is 0 Å². The van der Waals surface area contributed by atoms with Crippen molar-refractivity contribution in [3.8, 4) is 11.5 Å². The number of carbonyl (C=O) groups is 1. The van der Waals surface area contributed by atoms with Crippen molar-refractivity contribution in [3.63, 3.8) is 0 Å². The predicted molar refractivity (Wildman–Crippen MR) is 104 cm³/mol. The molecule has 0 aliphatic rings. The molecule has 0 saturated heterocycles. The van der Waals surface area contributed by atoms with Crippen LogP contribution in [0.1, 0.15) is 48.9 Å². The zero-order valence-electron chi connectivity index (χ0n) is 15.2. The SMILES string of the molecule is C=C(C)c1cc(OCC(=O)O)cc(Cl)c1Cc1ccc(O)c(C(C)C)c1. The third-order valence-corrected chi connectivity index (χ3v) is 4.42. The third-order valence-electron chi connectivity index (χ3n) is 4.09. The number of aliphatic carboxylic acids is 1. The molecule has 0 heterocycles. The quantitative estimate of drug-likeness (QED) is 0.694. The molecule has 138 valence electrons. The standard InChI is InChI=1S/C21H23ClO4/c1-12(2)16-9-15(26-11-21(24)25)10-19(22)18(16)8-14-5-6-20(23)17(7-14)13(3)4/h5-7,9-10,13,23H,1,8,11H2,2-4H3,(H,24,25). The molecule has 2 aromatic rings. The van der Waals surface area contributed by atoms with E-state index in [-0.39, 0.29) is 11.7 Å². The minimum Gasteiger partial charge on any atom is -0.508 e. The Morgan fingerprint density at radius 1 is 1.27 bits per heavy atom. The predicted octanol–water partition coefficient (Wildman–Crippen LogP) is 5.26. The van der Waals surface area contributed by atoms with Gasteiger partial charge in [-0.15, -0.1) is 0 Å². The molecule has 0 radical (unpaired) electrons. The summed E-state index contributed by atoms with van der Waals surface area (Å²) in [6.45, 7) is 9.49. The molecular weight excluding hydrogens is 352 g/mol. The second-order valence-corrected chi connectivity index (χ2v) is 7.03. The third kappa shape index (κ3) is 4.79. The van der Waals surface area contributed by atoms with Crippen molar-refractivity contribution in [1.29, 1.82) is 0 Å². The molecular formula is C21H23ClO4. The van der Waals surface area contributed by atoms with E-state index >= 15 is 0 Å². The number of carboxylic acids is 1. The summed E-state index contributed by atoms with van der Waals surface area (Å²) in [6.07, 6.45) is 0.570. The number of hydrogen-bond donors (Lipinski definition) is 2. The molecule has 26 heavy (non-hydrogen) atoms. The average Bonchev–Trinajstić information content (AvgIpc) is 2.55. The van der Waals surface area contributed by atoms with E-state index < -0.39 is 12.6 Å². The van der Waals surface area contributed by atoms with Gasteiger partial charge in [0, 0.05) is 5.02 Å². The Labute approximate surface area is 158 Å². The summed E-state index contributed by atoms with van der Waals surface area (Å²) in [4.78, 5) is 10.7. The molecule has 0 spiro atoms. The minimum absolute atomic E-state index is 0.206. The number of halogens is 1. The van der Waals surface area contributed by atoms with Gasteiger partial charge in [0.2, 0.25) is 0 Å². The van der Waals surface area contributed by atoms with Crippen molar-refractivity contribution in [2.24, 2.45) is 0 Å². The highest BCUT2D eigenvalue weighted by Gasteiger charge is 2.14. The van der Waals surface area contributed by atoms with E-state index in [1.165, 1.54) is 0 Å². The van der Waals surface area contributed by atoms with Crippen LogP contribution in [0.15, 0.2) is 36.9 Å². The fraction of sp³-hybridized carbons (Fsp3) is 0.286. The molecule has 0 aromatic heterocycles. The lowest BCUT2D eigenvalue weighted by atomic mass is 9.93. The van der Waals surface area contributed by atoms with E-state index in [4.69, 9.17) is 21.4 Å². The van der Waals surface area contributed by atoms with Gasteiger partial charge >= 0.3 is 5.97 Å². The molecule has 5 heteroatoms. The topological polar surface area (TPSA) is 66.8 Å². The first-order valence-electron chi connectivity index (χ1n) is 8.33. The van der Waals surface area contributed by atoms with E-state index in [0.717, 1.165) is 27.8 Å². The molecule has 0 atom stereocenters. The van der Waals surface area contributed by atoms with E-state index in [0.29, 0.717) is 17.2 Å². The lowest BCUT2D eigenvalue weighted by Gasteiger charge is -2.16. The van der Waals surface area contributed by atoms with Crippen LogP contribution in [0.25, 0.3) is 5.57 Å². The molecule has 2 aromatic carbocycles. The number of benzene rings is 2. The van der Waals surface area contributed by atoms with Gasteiger partial charge in [-0.1, -0.05) is 49.7 Å². The van der Waals surface area contributed by atoms with Crippen LogP contribution in [0.3, 0.4) is 0 Å². The molecule has 0 bridgehead atoms. The van der Waals surface area contributed by atoms with Gasteiger partial charge in [-0.25, -0.2) is 4.79 Å². The Morgan fingerprint density at radius 2 is 1.96 bits per heavy atom. The van der Waals surface area contributed by atoms with Gasteiger partial charge in [0.15, 0.2) is 6.61 Å². The van der Waals surface area contributed by atoms with Gasteiger partial charge in [-0.3, -0.25) is 0 Å². The van der Waals surface area contributed by atoms with Crippen molar-refractivity contribution >= 4 is 23.1 Å². The van der Waals surface area contributed by atoms with Crippen molar-refractivity contribution in [1.82, 2.24) is 0 Å². The van der Waals surface area contributed by atoms with Crippen molar-refractivity contribution < 1.29 is 19.7 Å². The van der Waals surface area contributed by atoms with Crippen molar-refractivity contribution in [2.75, 3.05) is 6.61 Å². The first-order valence-corrected chi connectivity index (χ1v) is 8.71. The Balaban J connectivity index is 2.41. The fourth-order valence-electron chi connectivity index (χ4n) is 2.78. The number of ether oxygens (including phenoxy) is 1. The molecule has 0 aliphatic carbocycles. The highest BCUT2D eigenvalue weighted by atomic mass is 35.5. The van der Waals surface area contributed by atoms with E-state index in [1.807, 2.05) is 32.9 Å². The van der Waals surface area contributed by atoms with Gasteiger partial charge in [0.1, 0.15) is 11.5 Å². The Bertz CT molecular complexity index is 840. The van der Waals surface area contributed by atoms with Gasteiger partial charge in [0.05, 0.1) is 0 Å². The maximum atomic E-state index is 10.7. The lowest BCUT2D eigenvalue weighted by molar-refractivity contribution is -0.139. The largest absolute Gasteiger partial charge is 0.508 e. The van der Waals surface area contributed by atoms with E-state index in [1.54, 1.807) is 18.2 Å². The van der Waals surface area contributed by atoms with E-state index in [2.05, 4.69) is 6.58 Å². The van der Waals surface area contributed by atoms with Crippen LogP contribution in [0.4, 0.5) is 0 Å². The second kappa shape index (κ2) is 8.28. The number of allylic oxidation sites excluding steroid dienone is 1. The molecule has 0 fully saturated rings. The maximum absolute atomic E-state index is 10.7. The number of carboxylic acid groups (broad SMARTS) is 1. The maximum Gasteiger partial charge on any atom is 0.341 e. The Kier molecular flexibility index (Phi) is 6.32. The lowest BCUT2D eigenvalue weighted by Crippen LogP contribution is -2.10. The minimum atomic E-state index is -1.05. The summed E-state index contributed by atoms with van der Waals surface area (Å²) >= 11 is 6.46. The Hall–Kier alpha value is -2.46. The van der Waals surface area contributed by atoms with Gasteiger partial charge in [-0.05, 0) is 59.7 Å². The number of phenolic OH excluding ortho intramolecular Hbond substituents is 1. The monoisotopic (exact) mass is 374 g/mol. The highest BCUT2D eigenvalue weighted by molar-refractivity contribution is 6.31. The van der Waals surface area contributed by atoms with Crippen LogP contribution in [0.5, 0.6) is 11.5 Å². The highest BCUT2D eigenvalue weighted by Crippen LogP contribution is 2.34. The number of phenols is 1. The summed E-state index contributed by atoms with van der Waals surface area (Å²) in [6, 6.07) is 8.93. The molecule has 0 saturated carbocycles. The average molecular weight is 375 g/mol. The summed E-state index contributed by atoms with van der Waals surface area (Å²) in [5.74, 6) is -0.162. The van der Waals surface area contributed by atoms with E-state index in [9.17, 15) is 9.90 Å². The molecule has 0 aliphatic heterocycles. The second-order valence-electron chi connectivity index (χ2n) is 6.62. The van der Waals surface area contributed by atoms with Crippen LogP contribution in [-0.2, 0) is 11.2 Å². The summed E-state index contributed by atoms with van der Waals surface area (Å²) < 4.78 is 5.25. The number of rotatable bonds is 7. The normalized spacial score (nSPS) is 10.8. The molecule has 0 amide bonds. The van der Waals surface area contributed by atoms with Gasteiger partial charge in [0.25, 0.3) is 0 Å². The van der Waals surface area contributed by atoms with Gasteiger partial charge < -0.3 is 14.9 Å². The molecule has 2 rings (SSSR count). The molecule has 0 unspecified atom stereocenters. The number of hydrogen-bond acceptors (Lipinski definition) is 3. The fourth-order valence-corrected chi connectivity index (χ4v) is 3.06. The van der Waals surface area contributed by atoms with Crippen molar-refractivity contribution in [3.05, 3.63) is 64.2 Å². The summed E-state index contributed by atoms with van der Waals surface area (Å²) in [5.41, 5.74) is 4.44. The number of aromatic hydroxyl groups is 1. The molecule has 2 N–H and O–H groups in total. The van der Waals surface area contributed by atoms with Crippen LogP contribution in [0.2, 0.25) is 5.02 Å². The first-order chi connectivity index (χ1) is 12.2. The van der Waals surface area contributed by atoms with Crippen LogP contribution >= 0.6 is 11.6 Å². The van der Waals surface area contributed by atoms with Crippen molar-refractivity contribution in [2.45, 2.75) is 33.1 Å². The van der Waals surface area contributed by atoms with Crippen LogP contribution < -0.4 is 4.74 Å². The summed E-state index contributed by atoms with van der Waals surface area (Å²) in [5, 5.41) is 19.3. The zero-order valence-corrected chi connectivity index (χ0v) is 15.9. The Morgan fingerprint density at radius 3 is 2.54 bits per heavy atom. The molecule has 4 nitrogen and oxygen atoms in total. The smallest absolute Gasteiger partial charge is 0.341 e. The zero-order chi connectivity index (χ0) is 19.4. The van der Waals surface area contributed by atoms with Crippen LogP contribution in [-0.4, -0.2) is 22.8 Å². The first kappa shape index (κ1) is 19.9. The summed E-state index contributed by atoms with van der Waals surface area (Å²) in [7, 11) is 0. The van der Waals surface area contributed by atoms with Crippen LogP contribution in [0, 0.1) is 0 Å².